The van der Waals surface area contributed by atoms with Crippen molar-refractivity contribution in [2.45, 2.75) is 5.41 Å². The van der Waals surface area contributed by atoms with Crippen molar-refractivity contribution in [2.24, 2.45) is 0 Å². The van der Waals surface area contributed by atoms with E-state index in [1.807, 2.05) is 12.1 Å². The summed E-state index contributed by atoms with van der Waals surface area (Å²) in [6.45, 7) is 0. The fourth-order valence-electron chi connectivity index (χ4n) is 9.49. The first-order chi connectivity index (χ1) is 26.8. The van der Waals surface area contributed by atoms with Crippen LogP contribution in [-0.2, 0) is 5.41 Å². The van der Waals surface area contributed by atoms with E-state index in [2.05, 4.69) is 181 Å². The second kappa shape index (κ2) is 11.0. The highest BCUT2D eigenvalue weighted by Gasteiger charge is 2.52. The van der Waals surface area contributed by atoms with Crippen molar-refractivity contribution < 1.29 is 9.15 Å². The number of fused-ring (bicyclic) bond motifs is 15. The van der Waals surface area contributed by atoms with Gasteiger partial charge in [-0.3, -0.25) is 0 Å². The van der Waals surface area contributed by atoms with Gasteiger partial charge in [0.1, 0.15) is 22.7 Å². The maximum absolute atomic E-state index is 6.81. The van der Waals surface area contributed by atoms with Crippen LogP contribution >= 0.6 is 0 Å². The Kier molecular flexibility index (Phi) is 5.98. The molecule has 1 spiro atoms. The van der Waals surface area contributed by atoms with E-state index in [0.29, 0.717) is 0 Å². The normalized spacial score (nSPS) is 15.3. The number of furan rings is 1. The van der Waals surface area contributed by atoms with Crippen LogP contribution in [0.25, 0.3) is 54.6 Å². The van der Waals surface area contributed by atoms with E-state index in [1.165, 1.54) is 49.4 Å². The maximum atomic E-state index is 6.81. The van der Waals surface area contributed by atoms with E-state index >= 15 is 0 Å². The monoisotopic (exact) mass is 689 g/mol. The quantitative estimate of drug-likeness (QED) is 0.185. The SMILES string of the molecule is c1ccc2c(c1)Oc1ccc3ccccc3c1C21c2ccccc2-c2ccc(N(c3ccc4c(c3)oc3ccccc34)c3cccc4ccccc34)cc21. The van der Waals surface area contributed by atoms with Crippen LogP contribution in [0.1, 0.15) is 22.3 Å². The standard InChI is InChI=1S/C51H31NO2/c1-3-15-36-32(12-1)14-11-21-45(36)52(35-26-28-41-40-18-6-9-22-46(40)53-49(41)31-35)34-25-27-39-38-17-5-7-19-42(38)51(44(39)30-34)43-20-8-10-23-47(43)54-48-29-24-33-13-2-4-16-37(33)50(48)51/h1-31H. The first kappa shape index (κ1) is 29.5. The Morgan fingerprint density at radius 1 is 0.389 bits per heavy atom. The number of para-hydroxylation sites is 2. The molecule has 1 unspecified atom stereocenters. The average molecular weight is 690 g/mol. The maximum Gasteiger partial charge on any atom is 0.137 e. The summed E-state index contributed by atoms with van der Waals surface area (Å²) in [5.41, 5.74) is 11.7. The summed E-state index contributed by atoms with van der Waals surface area (Å²) >= 11 is 0. The molecular weight excluding hydrogens is 659 g/mol. The van der Waals surface area contributed by atoms with Gasteiger partial charge in [-0.2, -0.15) is 0 Å². The Labute approximate surface area is 311 Å². The topological polar surface area (TPSA) is 25.6 Å². The van der Waals surface area contributed by atoms with Crippen LogP contribution in [0.3, 0.4) is 0 Å². The zero-order valence-electron chi connectivity index (χ0n) is 29.2. The highest BCUT2D eigenvalue weighted by Crippen LogP contribution is 2.64. The summed E-state index contributed by atoms with van der Waals surface area (Å²) < 4.78 is 13.3. The van der Waals surface area contributed by atoms with Crippen LogP contribution in [0.15, 0.2) is 192 Å². The zero-order chi connectivity index (χ0) is 35.4. The molecule has 252 valence electrons. The lowest BCUT2D eigenvalue weighted by molar-refractivity contribution is 0.438. The Balaban J connectivity index is 1.19. The molecule has 0 radical (unpaired) electrons. The fourth-order valence-corrected chi connectivity index (χ4v) is 9.49. The molecule has 3 nitrogen and oxygen atoms in total. The molecule has 0 saturated heterocycles. The van der Waals surface area contributed by atoms with E-state index in [-0.39, 0.29) is 0 Å². The Bertz CT molecular complexity index is 3170. The van der Waals surface area contributed by atoms with E-state index in [0.717, 1.165) is 56.1 Å². The molecule has 0 saturated carbocycles. The lowest BCUT2D eigenvalue weighted by Gasteiger charge is -2.40. The fraction of sp³-hybridized carbons (Fsp3) is 0.0196. The lowest BCUT2D eigenvalue weighted by Crippen LogP contribution is -2.32. The number of hydrogen-bond acceptors (Lipinski definition) is 3. The number of anilines is 3. The van der Waals surface area contributed by atoms with Gasteiger partial charge in [-0.05, 0) is 86.9 Å². The molecule has 10 aromatic rings. The summed E-state index contributed by atoms with van der Waals surface area (Å²) in [7, 11) is 0. The van der Waals surface area contributed by atoms with E-state index in [1.54, 1.807) is 0 Å². The number of benzene rings is 9. The second-order valence-corrected chi connectivity index (χ2v) is 14.4. The van der Waals surface area contributed by atoms with Gasteiger partial charge in [0, 0.05) is 44.7 Å². The van der Waals surface area contributed by atoms with Crippen molar-refractivity contribution in [1.82, 2.24) is 0 Å². The van der Waals surface area contributed by atoms with Gasteiger partial charge >= 0.3 is 0 Å². The molecule has 0 bridgehead atoms. The summed E-state index contributed by atoms with van der Waals surface area (Å²) in [6, 6.07) is 67.8. The molecule has 0 amide bonds. The average Bonchev–Trinajstić information content (AvgIpc) is 3.74. The van der Waals surface area contributed by atoms with Crippen molar-refractivity contribution in [1.29, 1.82) is 0 Å². The van der Waals surface area contributed by atoms with Crippen molar-refractivity contribution in [3.63, 3.8) is 0 Å². The third-order valence-corrected chi connectivity index (χ3v) is 11.7. The molecule has 3 heteroatoms. The summed E-state index contributed by atoms with van der Waals surface area (Å²) in [4.78, 5) is 2.40. The Hall–Kier alpha value is -7.10. The molecule has 0 fully saturated rings. The van der Waals surface area contributed by atoms with Gasteiger partial charge in [-0.15, -0.1) is 0 Å². The molecule has 12 rings (SSSR count). The van der Waals surface area contributed by atoms with Crippen molar-refractivity contribution >= 4 is 60.5 Å². The van der Waals surface area contributed by atoms with Crippen LogP contribution < -0.4 is 9.64 Å². The number of hydrogen-bond donors (Lipinski definition) is 0. The van der Waals surface area contributed by atoms with E-state index in [9.17, 15) is 0 Å². The summed E-state index contributed by atoms with van der Waals surface area (Å²) in [5, 5.41) is 6.98. The molecule has 9 aromatic carbocycles. The molecule has 2 heterocycles. The van der Waals surface area contributed by atoms with Gasteiger partial charge in [0.25, 0.3) is 0 Å². The lowest BCUT2D eigenvalue weighted by atomic mass is 9.65. The first-order valence-corrected chi connectivity index (χ1v) is 18.5. The van der Waals surface area contributed by atoms with Gasteiger partial charge in [-0.1, -0.05) is 133 Å². The molecule has 54 heavy (non-hydrogen) atoms. The van der Waals surface area contributed by atoms with Crippen molar-refractivity contribution in [3.8, 4) is 22.6 Å². The first-order valence-electron chi connectivity index (χ1n) is 18.5. The van der Waals surface area contributed by atoms with Gasteiger partial charge < -0.3 is 14.1 Å². The van der Waals surface area contributed by atoms with Gasteiger partial charge in [0.05, 0.1) is 11.1 Å². The van der Waals surface area contributed by atoms with E-state index < -0.39 is 5.41 Å². The van der Waals surface area contributed by atoms with Crippen LogP contribution in [0.4, 0.5) is 17.1 Å². The Morgan fingerprint density at radius 3 is 1.94 bits per heavy atom. The molecule has 1 aromatic heterocycles. The van der Waals surface area contributed by atoms with Gasteiger partial charge in [0.15, 0.2) is 0 Å². The summed E-state index contributed by atoms with van der Waals surface area (Å²) in [5.74, 6) is 1.77. The highest BCUT2D eigenvalue weighted by atomic mass is 16.5. The molecule has 1 aliphatic heterocycles. The third-order valence-electron chi connectivity index (χ3n) is 11.7. The van der Waals surface area contributed by atoms with Crippen LogP contribution in [0, 0.1) is 0 Å². The molecule has 2 aliphatic rings. The van der Waals surface area contributed by atoms with E-state index in [4.69, 9.17) is 9.15 Å². The largest absolute Gasteiger partial charge is 0.457 e. The zero-order valence-corrected chi connectivity index (χ0v) is 29.2. The predicted octanol–water partition coefficient (Wildman–Crippen LogP) is 13.8. The minimum absolute atomic E-state index is 0.625. The minimum atomic E-state index is -0.625. The molecular formula is C51H31NO2. The number of ether oxygens (including phenoxy) is 1. The molecule has 1 aliphatic carbocycles. The third kappa shape index (κ3) is 3.90. The number of rotatable bonds is 3. The van der Waals surface area contributed by atoms with Crippen LogP contribution in [-0.4, -0.2) is 0 Å². The summed E-state index contributed by atoms with van der Waals surface area (Å²) in [6.07, 6.45) is 0. The Morgan fingerprint density at radius 2 is 1.04 bits per heavy atom. The van der Waals surface area contributed by atoms with Gasteiger partial charge in [0.2, 0.25) is 0 Å². The minimum Gasteiger partial charge on any atom is -0.457 e. The molecule has 0 N–H and O–H groups in total. The van der Waals surface area contributed by atoms with Crippen molar-refractivity contribution in [2.75, 3.05) is 4.90 Å². The van der Waals surface area contributed by atoms with Gasteiger partial charge in [-0.25, -0.2) is 0 Å². The smallest absolute Gasteiger partial charge is 0.137 e. The van der Waals surface area contributed by atoms with Crippen LogP contribution in [0.2, 0.25) is 0 Å². The molecule has 1 atom stereocenters. The predicted molar refractivity (Wildman–Crippen MR) is 221 cm³/mol. The highest BCUT2D eigenvalue weighted by molar-refractivity contribution is 6.07. The van der Waals surface area contributed by atoms with Crippen molar-refractivity contribution in [3.05, 3.63) is 210 Å². The number of nitrogens with zero attached hydrogens (tertiary/aromatic N) is 1. The second-order valence-electron chi connectivity index (χ2n) is 14.4. The van der Waals surface area contributed by atoms with Crippen LogP contribution in [0.5, 0.6) is 11.5 Å².